The van der Waals surface area contributed by atoms with Gasteiger partial charge in [-0.2, -0.15) is 0 Å². The van der Waals surface area contributed by atoms with Crippen LogP contribution in [0.5, 0.6) is 0 Å². The van der Waals surface area contributed by atoms with Gasteiger partial charge in [-0.25, -0.2) is 0 Å². The molecule has 0 radical (unpaired) electrons. The molecule has 3 rings (SSSR count). The molecule has 0 atom stereocenters. The van der Waals surface area contributed by atoms with Gasteiger partial charge < -0.3 is 0 Å². The largest absolute Gasteiger partial charge is 0.0620 e. The van der Waals surface area contributed by atoms with E-state index in [2.05, 4.69) is 88.4 Å². The van der Waals surface area contributed by atoms with Crippen molar-refractivity contribution >= 4 is 0 Å². The van der Waals surface area contributed by atoms with Crippen LogP contribution in [0.4, 0.5) is 0 Å². The predicted molar refractivity (Wildman–Crippen MR) is 104 cm³/mol. The van der Waals surface area contributed by atoms with Crippen LogP contribution in [0.3, 0.4) is 0 Å². The molecule has 0 nitrogen and oxygen atoms in total. The number of hydrogen-bond acceptors (Lipinski definition) is 0. The summed E-state index contributed by atoms with van der Waals surface area (Å²) >= 11 is 0. The van der Waals surface area contributed by atoms with Gasteiger partial charge in [0.2, 0.25) is 0 Å². The van der Waals surface area contributed by atoms with Gasteiger partial charge in [-0.3, -0.25) is 0 Å². The lowest BCUT2D eigenvalue weighted by Crippen LogP contribution is -2.00. The first-order chi connectivity index (χ1) is 11.5. The highest BCUT2D eigenvalue weighted by atomic mass is 14.1. The van der Waals surface area contributed by atoms with E-state index in [1.54, 1.807) is 0 Å². The zero-order chi connectivity index (χ0) is 17.1. The molecule has 24 heavy (non-hydrogen) atoms. The first kappa shape index (κ1) is 16.5. The monoisotopic (exact) mass is 314 g/mol. The van der Waals surface area contributed by atoms with Gasteiger partial charge in [-0.15, -0.1) is 0 Å². The van der Waals surface area contributed by atoms with Crippen molar-refractivity contribution in [2.45, 2.75) is 40.5 Å². The fourth-order valence-electron chi connectivity index (χ4n) is 3.34. The maximum atomic E-state index is 2.38. The summed E-state index contributed by atoms with van der Waals surface area (Å²) in [7, 11) is 0. The third-order valence-electron chi connectivity index (χ3n) is 5.08. The van der Waals surface area contributed by atoms with Crippen molar-refractivity contribution in [3.8, 4) is 0 Å². The Morgan fingerprint density at radius 2 is 0.833 bits per heavy atom. The van der Waals surface area contributed by atoms with Crippen LogP contribution in [0.15, 0.2) is 60.7 Å². The molecule has 0 heteroatoms. The Bertz CT molecular complexity index is 782. The van der Waals surface area contributed by atoms with Crippen molar-refractivity contribution < 1.29 is 0 Å². The summed E-state index contributed by atoms with van der Waals surface area (Å²) in [4.78, 5) is 0. The molecule has 0 unspecified atom stereocenters. The van der Waals surface area contributed by atoms with E-state index in [1.807, 2.05) is 0 Å². The molecule has 3 aromatic rings. The molecule has 0 aliphatic carbocycles. The predicted octanol–water partition coefficient (Wildman–Crippen LogP) is 6.10. The zero-order valence-corrected chi connectivity index (χ0v) is 15.2. The molecule has 0 fully saturated rings. The van der Waals surface area contributed by atoms with Crippen molar-refractivity contribution in [2.24, 2.45) is 0 Å². The molecule has 0 aliphatic heterocycles. The zero-order valence-electron chi connectivity index (χ0n) is 15.2. The third kappa shape index (κ3) is 3.59. The quantitative estimate of drug-likeness (QED) is 0.545. The molecule has 0 heterocycles. The van der Waals surface area contributed by atoms with Crippen LogP contribution >= 0.6 is 0 Å². The van der Waals surface area contributed by atoms with Gasteiger partial charge in [0.05, 0.1) is 0 Å². The molecule has 0 aromatic heterocycles. The maximum Gasteiger partial charge on any atom is -0.00204 e. The first-order valence-electron chi connectivity index (χ1n) is 8.72. The molecule has 0 amide bonds. The van der Waals surface area contributed by atoms with E-state index in [4.69, 9.17) is 0 Å². The topological polar surface area (TPSA) is 0 Å². The van der Waals surface area contributed by atoms with Gasteiger partial charge in [0.25, 0.3) is 0 Å². The Kier molecular flexibility index (Phi) is 4.85. The summed E-state index contributed by atoms with van der Waals surface area (Å²) in [5, 5.41) is 0. The SMILES string of the molecule is Cc1ccccc1Cc1cc(C)c(Cc2ccccc2C)cc1C. The maximum absolute atomic E-state index is 2.38. The fraction of sp³-hybridized carbons (Fsp3) is 0.250. The first-order valence-corrected chi connectivity index (χ1v) is 8.72. The van der Waals surface area contributed by atoms with E-state index in [0.29, 0.717) is 0 Å². The summed E-state index contributed by atoms with van der Waals surface area (Å²) in [6.07, 6.45) is 2.04. The molecule has 122 valence electrons. The van der Waals surface area contributed by atoms with Gasteiger partial charge in [0, 0.05) is 0 Å². The van der Waals surface area contributed by atoms with Crippen LogP contribution in [0, 0.1) is 27.7 Å². The molecular weight excluding hydrogens is 288 g/mol. The lowest BCUT2D eigenvalue weighted by molar-refractivity contribution is 1.07. The van der Waals surface area contributed by atoms with Gasteiger partial charge >= 0.3 is 0 Å². The van der Waals surface area contributed by atoms with Crippen molar-refractivity contribution in [3.63, 3.8) is 0 Å². The van der Waals surface area contributed by atoms with Crippen LogP contribution < -0.4 is 0 Å². The smallest absolute Gasteiger partial charge is 0.00204 e. The number of aryl methyl sites for hydroxylation is 4. The van der Waals surface area contributed by atoms with Crippen molar-refractivity contribution in [1.29, 1.82) is 0 Å². The lowest BCUT2D eigenvalue weighted by atomic mass is 9.91. The third-order valence-corrected chi connectivity index (χ3v) is 5.08. The molecule has 0 spiro atoms. The highest BCUT2D eigenvalue weighted by Crippen LogP contribution is 2.23. The Balaban J connectivity index is 1.89. The van der Waals surface area contributed by atoms with Crippen molar-refractivity contribution in [2.75, 3.05) is 0 Å². The van der Waals surface area contributed by atoms with E-state index in [0.717, 1.165) is 12.8 Å². The summed E-state index contributed by atoms with van der Waals surface area (Å²) in [5.74, 6) is 0. The van der Waals surface area contributed by atoms with E-state index in [1.165, 1.54) is 44.5 Å². The second-order valence-corrected chi connectivity index (χ2v) is 6.91. The van der Waals surface area contributed by atoms with Crippen LogP contribution in [0.2, 0.25) is 0 Å². The van der Waals surface area contributed by atoms with E-state index < -0.39 is 0 Å². The molecule has 0 aliphatic rings. The highest BCUT2D eigenvalue weighted by Gasteiger charge is 2.08. The second kappa shape index (κ2) is 7.05. The summed E-state index contributed by atoms with van der Waals surface area (Å²) in [6, 6.07) is 22.1. The Morgan fingerprint density at radius 3 is 1.21 bits per heavy atom. The number of rotatable bonds is 4. The van der Waals surface area contributed by atoms with Gasteiger partial charge in [-0.1, -0.05) is 60.7 Å². The minimum atomic E-state index is 1.02. The minimum absolute atomic E-state index is 1.02. The fourth-order valence-corrected chi connectivity index (χ4v) is 3.34. The Morgan fingerprint density at radius 1 is 0.458 bits per heavy atom. The number of hydrogen-bond donors (Lipinski definition) is 0. The van der Waals surface area contributed by atoms with Crippen LogP contribution in [-0.2, 0) is 12.8 Å². The van der Waals surface area contributed by atoms with E-state index >= 15 is 0 Å². The molecule has 0 N–H and O–H groups in total. The van der Waals surface area contributed by atoms with E-state index in [-0.39, 0.29) is 0 Å². The molecular formula is C24H26. The van der Waals surface area contributed by atoms with E-state index in [9.17, 15) is 0 Å². The minimum Gasteiger partial charge on any atom is -0.0620 e. The standard InChI is InChI=1S/C24H26/c1-17-9-5-7-11-21(17)15-23-13-20(4)24(14-19(23)3)16-22-12-8-6-10-18(22)2/h5-14H,15-16H2,1-4H3. The second-order valence-electron chi connectivity index (χ2n) is 6.91. The Labute approximate surface area is 146 Å². The molecule has 0 saturated carbocycles. The van der Waals surface area contributed by atoms with Crippen LogP contribution in [0.1, 0.15) is 44.5 Å². The van der Waals surface area contributed by atoms with Crippen molar-refractivity contribution in [3.05, 3.63) is 105 Å². The van der Waals surface area contributed by atoms with Gasteiger partial charge in [-0.05, 0) is 85.0 Å². The van der Waals surface area contributed by atoms with Crippen molar-refractivity contribution in [1.82, 2.24) is 0 Å². The van der Waals surface area contributed by atoms with Gasteiger partial charge in [0.1, 0.15) is 0 Å². The normalized spacial score (nSPS) is 10.8. The molecule has 0 bridgehead atoms. The summed E-state index contributed by atoms with van der Waals surface area (Å²) < 4.78 is 0. The molecule has 0 saturated heterocycles. The lowest BCUT2D eigenvalue weighted by Gasteiger charge is -2.14. The molecule has 3 aromatic carbocycles. The highest BCUT2D eigenvalue weighted by molar-refractivity contribution is 5.43. The average molecular weight is 314 g/mol. The summed E-state index contributed by atoms with van der Waals surface area (Å²) in [6.45, 7) is 8.89. The van der Waals surface area contributed by atoms with Gasteiger partial charge in [0.15, 0.2) is 0 Å². The van der Waals surface area contributed by atoms with Crippen LogP contribution in [-0.4, -0.2) is 0 Å². The Hall–Kier alpha value is -2.34. The average Bonchev–Trinajstić information content (AvgIpc) is 2.56. The summed E-state index contributed by atoms with van der Waals surface area (Å²) in [5.41, 5.74) is 11.3. The van der Waals surface area contributed by atoms with Crippen LogP contribution in [0.25, 0.3) is 0 Å². The number of benzene rings is 3.